The summed E-state index contributed by atoms with van der Waals surface area (Å²) in [6.07, 6.45) is 0. The molecule has 0 aromatic rings. The predicted octanol–water partition coefficient (Wildman–Crippen LogP) is -0.179. The molecule has 1 unspecified atom stereocenters. The highest BCUT2D eigenvalue weighted by Gasteiger charge is 2.28. The third kappa shape index (κ3) is 2.42. The predicted molar refractivity (Wildman–Crippen MR) is 46.2 cm³/mol. The van der Waals surface area contributed by atoms with Crippen molar-refractivity contribution in [3.05, 3.63) is 0 Å². The van der Waals surface area contributed by atoms with Gasteiger partial charge in [0.1, 0.15) is 0 Å². The Labute approximate surface area is 77.0 Å². The lowest BCUT2D eigenvalue weighted by Crippen LogP contribution is -2.54. The van der Waals surface area contributed by atoms with Crippen LogP contribution in [-0.2, 0) is 9.53 Å². The zero-order valence-corrected chi connectivity index (χ0v) is 7.87. The SMILES string of the molecule is COCCN1CC(C)C(=O)NC1=O. The number of ether oxygens (including phenoxy) is 1. The average Bonchev–Trinajstić information content (AvgIpc) is 2.09. The molecule has 0 spiro atoms. The monoisotopic (exact) mass is 186 g/mol. The van der Waals surface area contributed by atoms with Gasteiger partial charge in [0.25, 0.3) is 0 Å². The molecule has 1 saturated heterocycles. The molecular formula is C8H14N2O3. The second-order valence-electron chi connectivity index (χ2n) is 3.13. The number of rotatable bonds is 3. The molecule has 74 valence electrons. The Morgan fingerprint density at radius 2 is 2.31 bits per heavy atom. The van der Waals surface area contributed by atoms with E-state index in [1.165, 1.54) is 0 Å². The Balaban J connectivity index is 2.46. The number of urea groups is 1. The number of nitrogens with zero attached hydrogens (tertiary/aromatic N) is 1. The van der Waals surface area contributed by atoms with Crippen molar-refractivity contribution < 1.29 is 14.3 Å². The quantitative estimate of drug-likeness (QED) is 0.665. The molecule has 0 radical (unpaired) electrons. The molecule has 0 saturated carbocycles. The van der Waals surface area contributed by atoms with E-state index in [0.29, 0.717) is 19.7 Å². The summed E-state index contributed by atoms with van der Waals surface area (Å²) < 4.78 is 4.85. The molecule has 1 N–H and O–H groups in total. The Kier molecular flexibility index (Phi) is 3.25. The van der Waals surface area contributed by atoms with Crippen molar-refractivity contribution in [1.82, 2.24) is 10.2 Å². The van der Waals surface area contributed by atoms with Crippen molar-refractivity contribution in [2.24, 2.45) is 5.92 Å². The van der Waals surface area contributed by atoms with E-state index in [9.17, 15) is 9.59 Å². The lowest BCUT2D eigenvalue weighted by molar-refractivity contribution is -0.125. The molecule has 1 atom stereocenters. The van der Waals surface area contributed by atoms with Gasteiger partial charge in [-0.3, -0.25) is 10.1 Å². The first-order valence-electron chi connectivity index (χ1n) is 4.24. The topological polar surface area (TPSA) is 58.6 Å². The molecule has 0 aromatic heterocycles. The molecule has 3 amide bonds. The van der Waals surface area contributed by atoms with Crippen LogP contribution >= 0.6 is 0 Å². The second kappa shape index (κ2) is 4.23. The second-order valence-corrected chi connectivity index (χ2v) is 3.13. The van der Waals surface area contributed by atoms with E-state index in [-0.39, 0.29) is 17.9 Å². The number of amides is 3. The van der Waals surface area contributed by atoms with Gasteiger partial charge < -0.3 is 9.64 Å². The number of carbonyl (C=O) groups is 2. The van der Waals surface area contributed by atoms with Gasteiger partial charge in [0.05, 0.1) is 12.5 Å². The van der Waals surface area contributed by atoms with Crippen LogP contribution in [0.3, 0.4) is 0 Å². The molecule has 0 aliphatic carbocycles. The Morgan fingerprint density at radius 3 is 2.92 bits per heavy atom. The summed E-state index contributed by atoms with van der Waals surface area (Å²) in [5.74, 6) is -0.326. The number of hydrogen-bond acceptors (Lipinski definition) is 3. The highest BCUT2D eigenvalue weighted by atomic mass is 16.5. The van der Waals surface area contributed by atoms with Crippen molar-refractivity contribution in [3.8, 4) is 0 Å². The van der Waals surface area contributed by atoms with Gasteiger partial charge in [-0.15, -0.1) is 0 Å². The van der Waals surface area contributed by atoms with Crippen LogP contribution in [0.4, 0.5) is 4.79 Å². The summed E-state index contributed by atoms with van der Waals surface area (Å²) in [5, 5.41) is 2.28. The molecule has 1 aliphatic heterocycles. The number of nitrogens with one attached hydrogen (secondary N) is 1. The van der Waals surface area contributed by atoms with Crippen molar-refractivity contribution in [3.63, 3.8) is 0 Å². The molecule has 5 heteroatoms. The molecule has 5 nitrogen and oxygen atoms in total. The molecule has 1 fully saturated rings. The van der Waals surface area contributed by atoms with E-state index in [2.05, 4.69) is 5.32 Å². The van der Waals surface area contributed by atoms with Crippen LogP contribution in [0.15, 0.2) is 0 Å². The maximum Gasteiger partial charge on any atom is 0.324 e. The first-order chi connectivity index (χ1) is 6.15. The first kappa shape index (κ1) is 9.98. The van der Waals surface area contributed by atoms with Gasteiger partial charge in [0, 0.05) is 20.2 Å². The van der Waals surface area contributed by atoms with Gasteiger partial charge >= 0.3 is 6.03 Å². The van der Waals surface area contributed by atoms with Crippen LogP contribution in [0.25, 0.3) is 0 Å². The van der Waals surface area contributed by atoms with Crippen LogP contribution in [0.1, 0.15) is 6.92 Å². The first-order valence-corrected chi connectivity index (χ1v) is 4.24. The fourth-order valence-electron chi connectivity index (χ4n) is 1.20. The average molecular weight is 186 g/mol. The Hall–Kier alpha value is -1.10. The lowest BCUT2D eigenvalue weighted by atomic mass is 10.1. The molecule has 1 aliphatic rings. The van der Waals surface area contributed by atoms with Gasteiger partial charge in [0.2, 0.25) is 5.91 Å². The van der Waals surface area contributed by atoms with Crippen molar-refractivity contribution in [1.29, 1.82) is 0 Å². The Morgan fingerprint density at radius 1 is 1.62 bits per heavy atom. The summed E-state index contributed by atoms with van der Waals surface area (Å²) in [6.45, 7) is 3.30. The highest BCUT2D eigenvalue weighted by Crippen LogP contribution is 2.06. The highest BCUT2D eigenvalue weighted by molar-refractivity contribution is 5.97. The van der Waals surface area contributed by atoms with Crippen LogP contribution in [0, 0.1) is 5.92 Å². The van der Waals surface area contributed by atoms with E-state index in [0.717, 1.165) is 0 Å². The summed E-state index contributed by atoms with van der Waals surface area (Å²) in [6, 6.07) is -0.319. The number of imide groups is 1. The largest absolute Gasteiger partial charge is 0.383 e. The zero-order valence-electron chi connectivity index (χ0n) is 7.87. The fraction of sp³-hybridized carbons (Fsp3) is 0.750. The van der Waals surface area contributed by atoms with Crippen LogP contribution < -0.4 is 5.32 Å². The maximum atomic E-state index is 11.2. The Bertz CT molecular complexity index is 217. The van der Waals surface area contributed by atoms with Gasteiger partial charge in [-0.1, -0.05) is 6.92 Å². The smallest absolute Gasteiger partial charge is 0.324 e. The van der Waals surface area contributed by atoms with Gasteiger partial charge in [0.15, 0.2) is 0 Å². The number of hydrogen-bond donors (Lipinski definition) is 1. The van der Waals surface area contributed by atoms with E-state index in [1.54, 1.807) is 18.9 Å². The number of methoxy groups -OCH3 is 1. The zero-order chi connectivity index (χ0) is 9.84. The molecule has 1 heterocycles. The normalized spacial score (nSPS) is 23.2. The summed E-state index contributed by atoms with van der Waals surface area (Å²) in [7, 11) is 1.58. The van der Waals surface area contributed by atoms with E-state index in [4.69, 9.17) is 4.74 Å². The van der Waals surface area contributed by atoms with Crippen molar-refractivity contribution in [2.45, 2.75) is 6.92 Å². The van der Waals surface area contributed by atoms with Crippen molar-refractivity contribution >= 4 is 11.9 Å². The van der Waals surface area contributed by atoms with Crippen LogP contribution in [0.2, 0.25) is 0 Å². The van der Waals surface area contributed by atoms with Crippen LogP contribution in [0.5, 0.6) is 0 Å². The molecule has 0 aromatic carbocycles. The summed E-state index contributed by atoms with van der Waals surface area (Å²) in [5.41, 5.74) is 0. The fourth-order valence-corrected chi connectivity index (χ4v) is 1.20. The minimum atomic E-state index is -0.319. The maximum absolute atomic E-state index is 11.2. The third-order valence-corrected chi connectivity index (χ3v) is 2.02. The van der Waals surface area contributed by atoms with E-state index < -0.39 is 0 Å². The van der Waals surface area contributed by atoms with Gasteiger partial charge in [-0.25, -0.2) is 4.79 Å². The standard InChI is InChI=1S/C8H14N2O3/c1-6-5-10(3-4-13-2)8(12)9-7(6)11/h6H,3-5H2,1-2H3,(H,9,11,12). The number of carbonyl (C=O) groups excluding carboxylic acids is 2. The molecule has 1 rings (SSSR count). The van der Waals surface area contributed by atoms with E-state index in [1.807, 2.05) is 0 Å². The van der Waals surface area contributed by atoms with E-state index >= 15 is 0 Å². The third-order valence-electron chi connectivity index (χ3n) is 2.02. The molecular weight excluding hydrogens is 172 g/mol. The summed E-state index contributed by atoms with van der Waals surface area (Å²) >= 11 is 0. The molecule has 13 heavy (non-hydrogen) atoms. The summed E-state index contributed by atoms with van der Waals surface area (Å²) in [4.78, 5) is 23.8. The lowest BCUT2D eigenvalue weighted by Gasteiger charge is -2.29. The minimum Gasteiger partial charge on any atom is -0.383 e. The van der Waals surface area contributed by atoms with Crippen LogP contribution in [-0.4, -0.2) is 43.6 Å². The molecule has 0 bridgehead atoms. The minimum absolute atomic E-state index is 0.130. The van der Waals surface area contributed by atoms with Gasteiger partial charge in [-0.2, -0.15) is 0 Å². The van der Waals surface area contributed by atoms with Gasteiger partial charge in [-0.05, 0) is 0 Å². The van der Waals surface area contributed by atoms with Crippen molar-refractivity contribution in [2.75, 3.05) is 26.8 Å².